The third-order valence-corrected chi connectivity index (χ3v) is 5.35. The number of benzene rings is 2. The van der Waals surface area contributed by atoms with E-state index < -0.39 is 27.0 Å². The molecule has 0 aromatic heterocycles. The van der Waals surface area contributed by atoms with E-state index in [-0.39, 0.29) is 31.2 Å². The second kappa shape index (κ2) is 9.13. The van der Waals surface area contributed by atoms with Gasteiger partial charge in [-0.3, -0.25) is 19.6 Å². The van der Waals surface area contributed by atoms with Crippen LogP contribution in [0.3, 0.4) is 0 Å². The van der Waals surface area contributed by atoms with Crippen molar-refractivity contribution in [3.63, 3.8) is 0 Å². The number of hydrogen-bond acceptors (Lipinski definition) is 7. The Kier molecular flexibility index (Phi) is 6.54. The van der Waals surface area contributed by atoms with Crippen LogP contribution in [0, 0.1) is 10.1 Å². The number of rotatable bonds is 8. The number of carbonyl (C=O) groups excluding carboxylic acids is 2. The number of hydrogen-bond donors (Lipinski definition) is 1. The average Bonchev–Trinajstić information content (AvgIpc) is 3.07. The molecule has 0 bridgehead atoms. The lowest BCUT2D eigenvalue weighted by Crippen LogP contribution is -2.39. The van der Waals surface area contributed by atoms with E-state index in [1.807, 2.05) is 0 Å². The van der Waals surface area contributed by atoms with Gasteiger partial charge in [-0.25, -0.2) is 13.2 Å². The first kappa shape index (κ1) is 22.2. The van der Waals surface area contributed by atoms with Crippen molar-refractivity contribution in [1.29, 1.82) is 0 Å². The maximum atomic E-state index is 12.6. The van der Waals surface area contributed by atoms with Crippen LogP contribution in [0.15, 0.2) is 48.5 Å². The van der Waals surface area contributed by atoms with Crippen molar-refractivity contribution in [2.45, 2.75) is 32.0 Å². The number of non-ortho nitro benzene ring substituents is 1. The molecular weight excluding hydrogens is 426 g/mol. The Morgan fingerprint density at radius 3 is 2.35 bits per heavy atom. The average molecular weight is 447 g/mol. The van der Waals surface area contributed by atoms with Gasteiger partial charge < -0.3 is 9.64 Å². The van der Waals surface area contributed by atoms with Crippen molar-refractivity contribution in [3.05, 3.63) is 69.8 Å². The van der Waals surface area contributed by atoms with E-state index in [1.165, 1.54) is 17.0 Å². The Bertz CT molecular complexity index is 1080. The minimum absolute atomic E-state index is 0.0198. The monoisotopic (exact) mass is 447 g/mol. The molecule has 1 heterocycles. The van der Waals surface area contributed by atoms with Gasteiger partial charge in [0.05, 0.1) is 11.2 Å². The summed E-state index contributed by atoms with van der Waals surface area (Å²) in [5, 5.41) is 10.8. The molecule has 1 amide bonds. The number of nitro groups is 1. The molecule has 0 aliphatic carbocycles. The van der Waals surface area contributed by atoms with Crippen molar-refractivity contribution in [3.8, 4) is 0 Å². The normalized spacial score (nSPS) is 16.2. The summed E-state index contributed by atoms with van der Waals surface area (Å²) in [6.45, 7) is 0.135. The molecule has 1 aliphatic rings. The zero-order valence-corrected chi connectivity index (χ0v) is 17.5. The minimum atomic E-state index is -3.38. The third-order valence-electron chi connectivity index (χ3n) is 4.74. The van der Waals surface area contributed by atoms with Crippen LogP contribution in [-0.2, 0) is 37.5 Å². The van der Waals surface area contributed by atoms with E-state index in [1.54, 1.807) is 36.4 Å². The summed E-state index contributed by atoms with van der Waals surface area (Å²) in [5.74, 6) is -0.720. The van der Waals surface area contributed by atoms with Gasteiger partial charge in [0.15, 0.2) is 0 Å². The highest BCUT2D eigenvalue weighted by atomic mass is 32.2. The predicted octanol–water partition coefficient (Wildman–Crippen LogP) is 2.20. The Balaban J connectivity index is 1.59. The number of likely N-dealkylation sites (tertiary alicyclic amines) is 1. The topological polar surface area (TPSA) is 136 Å². The fraction of sp³-hybridized carbons (Fsp3) is 0.300. The molecule has 0 radical (unpaired) electrons. The van der Waals surface area contributed by atoms with Gasteiger partial charge in [-0.05, 0) is 29.7 Å². The van der Waals surface area contributed by atoms with Crippen LogP contribution in [0.4, 0.5) is 11.4 Å². The summed E-state index contributed by atoms with van der Waals surface area (Å²) in [4.78, 5) is 36.5. The summed E-state index contributed by atoms with van der Waals surface area (Å²) in [5.41, 5.74) is 1.68. The molecular formula is C20H21N3O7S. The number of ether oxygens (including phenoxy) is 1. The van der Waals surface area contributed by atoms with Crippen molar-refractivity contribution in [2.75, 3.05) is 11.0 Å². The van der Waals surface area contributed by atoms with E-state index >= 15 is 0 Å². The van der Waals surface area contributed by atoms with Crippen molar-refractivity contribution < 1.29 is 27.7 Å². The number of carbonyl (C=O) groups is 2. The lowest BCUT2D eigenvalue weighted by molar-refractivity contribution is -0.384. The molecule has 1 N–H and O–H groups in total. The van der Waals surface area contributed by atoms with Crippen LogP contribution >= 0.6 is 0 Å². The lowest BCUT2D eigenvalue weighted by atomic mass is 10.1. The van der Waals surface area contributed by atoms with Gasteiger partial charge in [-0.1, -0.05) is 24.3 Å². The Morgan fingerprint density at radius 2 is 1.77 bits per heavy atom. The molecule has 31 heavy (non-hydrogen) atoms. The highest BCUT2D eigenvalue weighted by Crippen LogP contribution is 2.24. The molecule has 11 heteroatoms. The molecule has 10 nitrogen and oxygen atoms in total. The first-order valence-electron chi connectivity index (χ1n) is 9.38. The predicted molar refractivity (Wildman–Crippen MR) is 111 cm³/mol. The first-order chi connectivity index (χ1) is 14.6. The van der Waals surface area contributed by atoms with Crippen molar-refractivity contribution >= 4 is 33.3 Å². The van der Waals surface area contributed by atoms with Gasteiger partial charge in [0.25, 0.3) is 5.69 Å². The van der Waals surface area contributed by atoms with Crippen LogP contribution in [0.5, 0.6) is 0 Å². The van der Waals surface area contributed by atoms with E-state index in [4.69, 9.17) is 4.74 Å². The van der Waals surface area contributed by atoms with E-state index in [0.717, 1.165) is 6.26 Å². The molecule has 1 saturated heterocycles. The van der Waals surface area contributed by atoms with Gasteiger partial charge in [-0.2, -0.15) is 0 Å². The van der Waals surface area contributed by atoms with Crippen LogP contribution in [0.2, 0.25) is 0 Å². The van der Waals surface area contributed by atoms with Crippen LogP contribution < -0.4 is 4.72 Å². The number of nitrogens with one attached hydrogen (secondary N) is 1. The quantitative estimate of drug-likeness (QED) is 0.372. The Labute approximate surface area is 179 Å². The fourth-order valence-corrected chi connectivity index (χ4v) is 3.79. The molecule has 3 rings (SSSR count). The molecule has 2 aromatic rings. The van der Waals surface area contributed by atoms with Gasteiger partial charge in [0.2, 0.25) is 15.9 Å². The third kappa shape index (κ3) is 6.01. The molecule has 0 unspecified atom stereocenters. The van der Waals surface area contributed by atoms with E-state index in [2.05, 4.69) is 4.72 Å². The van der Waals surface area contributed by atoms with Gasteiger partial charge in [0, 0.05) is 30.8 Å². The lowest BCUT2D eigenvalue weighted by Gasteiger charge is -2.23. The molecule has 1 aliphatic heterocycles. The molecule has 0 saturated carbocycles. The number of esters is 1. The largest absolute Gasteiger partial charge is 0.459 e. The van der Waals surface area contributed by atoms with Gasteiger partial charge in [-0.15, -0.1) is 0 Å². The number of anilines is 1. The molecule has 1 fully saturated rings. The summed E-state index contributed by atoms with van der Waals surface area (Å²) in [7, 11) is -3.38. The smallest absolute Gasteiger partial charge is 0.329 e. The number of sulfonamides is 1. The van der Waals surface area contributed by atoms with E-state index in [9.17, 15) is 28.1 Å². The van der Waals surface area contributed by atoms with Crippen LogP contribution in [-0.4, -0.2) is 42.4 Å². The summed E-state index contributed by atoms with van der Waals surface area (Å²) in [6, 6.07) is 11.5. The maximum absolute atomic E-state index is 12.6. The summed E-state index contributed by atoms with van der Waals surface area (Å²) < 4.78 is 30.2. The summed E-state index contributed by atoms with van der Waals surface area (Å²) >= 11 is 0. The first-order valence-corrected chi connectivity index (χ1v) is 11.3. The Hall–Kier alpha value is -3.47. The van der Waals surface area contributed by atoms with Crippen molar-refractivity contribution in [1.82, 2.24) is 4.90 Å². The molecule has 1 atom stereocenters. The molecule has 2 aromatic carbocycles. The molecule has 0 spiro atoms. The van der Waals surface area contributed by atoms with Crippen LogP contribution in [0.1, 0.15) is 24.0 Å². The summed E-state index contributed by atoms with van der Waals surface area (Å²) in [6.07, 6.45) is 1.61. The minimum Gasteiger partial charge on any atom is -0.459 e. The van der Waals surface area contributed by atoms with E-state index in [0.29, 0.717) is 23.2 Å². The maximum Gasteiger partial charge on any atom is 0.329 e. The second-order valence-corrected chi connectivity index (χ2v) is 8.93. The highest BCUT2D eigenvalue weighted by molar-refractivity contribution is 7.92. The number of amides is 1. The standard InChI is InChI=1S/C20H21N3O7S/c1-31(28,29)21-16-6-2-15(3-7-16)13-30-20(25)18-10-11-19(24)22(18)12-14-4-8-17(9-5-14)23(26)27/h2-9,18,21H,10-13H2,1H3/t18-/m0/s1. The Morgan fingerprint density at radius 1 is 1.16 bits per heavy atom. The molecule has 164 valence electrons. The zero-order chi connectivity index (χ0) is 22.6. The highest BCUT2D eigenvalue weighted by Gasteiger charge is 2.37. The fourth-order valence-electron chi connectivity index (χ4n) is 3.23. The number of nitro benzene ring substituents is 1. The van der Waals surface area contributed by atoms with Crippen LogP contribution in [0.25, 0.3) is 0 Å². The van der Waals surface area contributed by atoms with Gasteiger partial charge in [0.1, 0.15) is 12.6 Å². The number of nitrogens with zero attached hydrogens (tertiary/aromatic N) is 2. The zero-order valence-electron chi connectivity index (χ0n) is 16.7. The van der Waals surface area contributed by atoms with Crippen molar-refractivity contribution in [2.24, 2.45) is 0 Å². The SMILES string of the molecule is CS(=O)(=O)Nc1ccc(COC(=O)[C@@H]2CCC(=O)N2Cc2ccc([N+](=O)[O-])cc2)cc1. The second-order valence-electron chi connectivity index (χ2n) is 7.18. The van der Waals surface area contributed by atoms with Gasteiger partial charge >= 0.3 is 5.97 Å².